The number of fused-ring (bicyclic) bond motifs is 1. The van der Waals surface area contributed by atoms with Gasteiger partial charge >= 0.3 is 5.97 Å². The number of ether oxygens (including phenoxy) is 4. The van der Waals surface area contributed by atoms with Gasteiger partial charge in [0.1, 0.15) is 6.61 Å². The lowest BCUT2D eigenvalue weighted by Crippen LogP contribution is -2.44. The smallest absolute Gasteiger partial charge is 0.338 e. The molecule has 0 saturated carbocycles. The molecule has 4 atom stereocenters. The Hall–Kier alpha value is -2.68. The van der Waals surface area contributed by atoms with Crippen molar-refractivity contribution in [3.63, 3.8) is 0 Å². The van der Waals surface area contributed by atoms with E-state index in [0.717, 1.165) is 4.74 Å². The SMILES string of the molecule is CC1(C)O[C@H]2O[C@H](COC(=O)c3ccccc3)[C@@H](/[N+]([O-])=C/c3ccco3)[C@H]2O1. The molecular formula is C20H21NO7. The maximum Gasteiger partial charge on any atom is 0.338 e. The highest BCUT2D eigenvalue weighted by atomic mass is 16.8. The number of hydrogen-bond donors (Lipinski definition) is 0. The van der Waals surface area contributed by atoms with Crippen LogP contribution in [0.3, 0.4) is 0 Å². The first-order valence-corrected chi connectivity index (χ1v) is 9.00. The van der Waals surface area contributed by atoms with Gasteiger partial charge in [-0.1, -0.05) is 18.2 Å². The van der Waals surface area contributed by atoms with Gasteiger partial charge in [0.25, 0.3) is 0 Å². The van der Waals surface area contributed by atoms with E-state index < -0.39 is 36.3 Å². The van der Waals surface area contributed by atoms with Crippen LogP contribution in [0.1, 0.15) is 30.0 Å². The Morgan fingerprint density at radius 1 is 1.21 bits per heavy atom. The fourth-order valence-electron chi connectivity index (χ4n) is 3.40. The Morgan fingerprint density at radius 3 is 2.71 bits per heavy atom. The van der Waals surface area contributed by atoms with E-state index in [-0.39, 0.29) is 6.61 Å². The summed E-state index contributed by atoms with van der Waals surface area (Å²) in [7, 11) is 0. The molecule has 2 aliphatic heterocycles. The number of nitrogens with zero attached hydrogens (tertiary/aromatic N) is 1. The van der Waals surface area contributed by atoms with E-state index in [4.69, 9.17) is 23.4 Å². The Morgan fingerprint density at radius 2 is 2.00 bits per heavy atom. The van der Waals surface area contributed by atoms with Crippen molar-refractivity contribution in [1.82, 2.24) is 0 Å². The lowest BCUT2D eigenvalue weighted by Gasteiger charge is -2.24. The van der Waals surface area contributed by atoms with Gasteiger partial charge in [0, 0.05) is 0 Å². The third kappa shape index (κ3) is 3.80. The molecule has 1 aromatic carbocycles. The average molecular weight is 387 g/mol. The molecule has 1 aromatic heterocycles. The number of hydroxylamine groups is 1. The normalized spacial score (nSPS) is 28.9. The van der Waals surface area contributed by atoms with Gasteiger partial charge < -0.3 is 28.6 Å². The van der Waals surface area contributed by atoms with Gasteiger partial charge in [0.05, 0.1) is 11.8 Å². The molecule has 0 bridgehead atoms. The monoisotopic (exact) mass is 387 g/mol. The number of furan rings is 1. The first-order valence-electron chi connectivity index (χ1n) is 9.00. The predicted octanol–water partition coefficient (Wildman–Crippen LogP) is 2.31. The third-order valence-electron chi connectivity index (χ3n) is 4.59. The van der Waals surface area contributed by atoms with Crippen LogP contribution >= 0.6 is 0 Å². The van der Waals surface area contributed by atoms with Crippen molar-refractivity contribution < 1.29 is 32.9 Å². The average Bonchev–Trinajstić information content (AvgIpc) is 3.34. The molecule has 0 spiro atoms. The molecule has 0 radical (unpaired) electrons. The molecule has 2 aromatic rings. The fourth-order valence-corrected chi connectivity index (χ4v) is 3.40. The molecule has 0 aliphatic carbocycles. The van der Waals surface area contributed by atoms with E-state index in [9.17, 15) is 10.0 Å². The molecule has 148 valence electrons. The van der Waals surface area contributed by atoms with Gasteiger partial charge in [-0.2, -0.15) is 4.74 Å². The van der Waals surface area contributed by atoms with Crippen LogP contribution < -0.4 is 0 Å². The summed E-state index contributed by atoms with van der Waals surface area (Å²) in [5, 5.41) is 12.8. The second-order valence-corrected chi connectivity index (χ2v) is 7.10. The van der Waals surface area contributed by atoms with Crippen molar-refractivity contribution in [2.45, 2.75) is 44.2 Å². The van der Waals surface area contributed by atoms with Crippen LogP contribution in [0.4, 0.5) is 0 Å². The summed E-state index contributed by atoms with van der Waals surface area (Å²) < 4.78 is 28.7. The van der Waals surface area contributed by atoms with Crippen LogP contribution in [0.5, 0.6) is 0 Å². The molecule has 2 aliphatic rings. The molecule has 0 amide bonds. The molecule has 2 saturated heterocycles. The first-order chi connectivity index (χ1) is 13.4. The zero-order valence-electron chi connectivity index (χ0n) is 15.5. The summed E-state index contributed by atoms with van der Waals surface area (Å²) in [6, 6.07) is 11.2. The summed E-state index contributed by atoms with van der Waals surface area (Å²) in [6.07, 6.45) is 0.728. The fraction of sp³-hybridized carbons (Fsp3) is 0.400. The molecule has 2 fully saturated rings. The Balaban J connectivity index is 1.51. The Kier molecular flexibility index (Phi) is 4.92. The number of carbonyl (C=O) groups is 1. The zero-order chi connectivity index (χ0) is 19.7. The number of benzene rings is 1. The second-order valence-electron chi connectivity index (χ2n) is 7.10. The summed E-state index contributed by atoms with van der Waals surface area (Å²) in [5.41, 5.74) is 0.423. The Bertz CT molecular complexity index is 847. The largest absolute Gasteiger partial charge is 0.623 e. The van der Waals surface area contributed by atoms with Crippen LogP contribution in [-0.2, 0) is 18.9 Å². The van der Waals surface area contributed by atoms with Gasteiger partial charge in [-0.25, -0.2) is 4.79 Å². The van der Waals surface area contributed by atoms with E-state index in [2.05, 4.69) is 0 Å². The summed E-state index contributed by atoms with van der Waals surface area (Å²) in [6.45, 7) is 3.40. The molecule has 3 heterocycles. The minimum Gasteiger partial charge on any atom is -0.623 e. The maximum absolute atomic E-state index is 12.8. The van der Waals surface area contributed by atoms with E-state index >= 15 is 0 Å². The topological polar surface area (TPSA) is 93.2 Å². The van der Waals surface area contributed by atoms with Crippen molar-refractivity contribution >= 4 is 12.2 Å². The number of rotatable bonds is 5. The first kappa shape index (κ1) is 18.7. The quantitative estimate of drug-likeness (QED) is 0.255. The van der Waals surface area contributed by atoms with Gasteiger partial charge in [0.2, 0.25) is 12.3 Å². The van der Waals surface area contributed by atoms with Crippen molar-refractivity contribution in [2.24, 2.45) is 0 Å². The van der Waals surface area contributed by atoms with Crippen LogP contribution in [0.2, 0.25) is 0 Å². The maximum atomic E-state index is 12.8. The van der Waals surface area contributed by atoms with E-state index in [1.165, 1.54) is 12.5 Å². The number of hydrogen-bond acceptors (Lipinski definition) is 7. The van der Waals surface area contributed by atoms with E-state index in [1.807, 2.05) is 6.07 Å². The van der Waals surface area contributed by atoms with E-state index in [0.29, 0.717) is 11.3 Å². The van der Waals surface area contributed by atoms with Crippen LogP contribution in [0.25, 0.3) is 0 Å². The molecule has 8 nitrogen and oxygen atoms in total. The van der Waals surface area contributed by atoms with Crippen LogP contribution in [0, 0.1) is 5.21 Å². The van der Waals surface area contributed by atoms with Crippen LogP contribution in [-0.4, -0.2) is 53.9 Å². The third-order valence-corrected chi connectivity index (χ3v) is 4.59. The second kappa shape index (κ2) is 7.38. The summed E-state index contributed by atoms with van der Waals surface area (Å²) in [5.74, 6) is -0.962. The standard InChI is InChI=1S/C20H21NO7/c1-20(2)27-17-16(21(23)11-14-9-6-10-24-14)15(26-19(17)28-20)12-25-18(22)13-7-4-3-5-8-13/h3-11,15-17,19H,12H2,1-2H3/b21-11-/t15-,16-,17-,19-/m1/s1. The minimum absolute atomic E-state index is 0.108. The van der Waals surface area contributed by atoms with Gasteiger partial charge in [-0.3, -0.25) is 0 Å². The highest BCUT2D eigenvalue weighted by Crippen LogP contribution is 2.38. The highest BCUT2D eigenvalue weighted by Gasteiger charge is 2.59. The summed E-state index contributed by atoms with van der Waals surface area (Å²) >= 11 is 0. The number of esters is 1. The lowest BCUT2D eigenvalue weighted by atomic mass is 10.1. The van der Waals surface area contributed by atoms with Gasteiger partial charge in [0.15, 0.2) is 30.0 Å². The van der Waals surface area contributed by atoms with Crippen molar-refractivity contribution in [2.75, 3.05) is 6.61 Å². The highest BCUT2D eigenvalue weighted by molar-refractivity contribution is 5.89. The van der Waals surface area contributed by atoms with Gasteiger partial charge in [-0.15, -0.1) is 0 Å². The van der Waals surface area contributed by atoms with Crippen LogP contribution in [0.15, 0.2) is 53.1 Å². The molecule has 0 N–H and O–H groups in total. The summed E-state index contributed by atoms with van der Waals surface area (Å²) in [4.78, 5) is 12.2. The Labute approximate surface area is 161 Å². The van der Waals surface area contributed by atoms with Crippen molar-refractivity contribution in [3.8, 4) is 0 Å². The zero-order valence-corrected chi connectivity index (χ0v) is 15.5. The van der Waals surface area contributed by atoms with Gasteiger partial charge in [-0.05, 0) is 38.1 Å². The minimum atomic E-state index is -0.870. The number of carbonyl (C=O) groups excluding carboxylic acids is 1. The molecule has 4 rings (SSSR count). The van der Waals surface area contributed by atoms with Crippen molar-refractivity contribution in [1.29, 1.82) is 0 Å². The predicted molar refractivity (Wildman–Crippen MR) is 96.7 cm³/mol. The lowest BCUT2D eigenvalue weighted by molar-refractivity contribution is -0.515. The van der Waals surface area contributed by atoms with E-state index in [1.54, 1.807) is 50.2 Å². The van der Waals surface area contributed by atoms with Crippen molar-refractivity contribution in [3.05, 3.63) is 65.3 Å². The molecular weight excluding hydrogens is 366 g/mol. The molecule has 0 unspecified atom stereocenters. The molecule has 28 heavy (non-hydrogen) atoms. The molecule has 8 heteroatoms.